The third-order valence-corrected chi connectivity index (χ3v) is 4.34. The maximum atomic E-state index is 12.8. The van der Waals surface area contributed by atoms with Gasteiger partial charge in [-0.1, -0.05) is 35.9 Å². The van der Waals surface area contributed by atoms with Gasteiger partial charge in [-0.2, -0.15) is 0 Å². The van der Waals surface area contributed by atoms with Crippen LogP contribution < -0.4 is 14.8 Å². The molecular formula is C21H17ClN2O5. The molecule has 3 aromatic rings. The molecule has 7 nitrogen and oxygen atoms in total. The third kappa shape index (κ3) is 5.03. The number of ether oxygens (including phenoxy) is 2. The highest BCUT2D eigenvalue weighted by atomic mass is 35.5. The lowest BCUT2D eigenvalue weighted by Crippen LogP contribution is -2.14. The Morgan fingerprint density at radius 1 is 1.10 bits per heavy atom. The van der Waals surface area contributed by atoms with Gasteiger partial charge < -0.3 is 14.8 Å². The molecule has 0 bridgehead atoms. The van der Waals surface area contributed by atoms with Crippen molar-refractivity contribution >= 4 is 28.9 Å². The molecule has 8 heteroatoms. The van der Waals surface area contributed by atoms with Crippen molar-refractivity contribution in [2.45, 2.75) is 6.61 Å². The molecule has 0 atom stereocenters. The first-order valence-corrected chi connectivity index (χ1v) is 8.96. The number of halogens is 1. The second-order valence-electron chi connectivity index (χ2n) is 6.01. The Balaban J connectivity index is 1.80. The van der Waals surface area contributed by atoms with E-state index in [0.29, 0.717) is 16.5 Å². The van der Waals surface area contributed by atoms with E-state index < -0.39 is 10.8 Å². The second kappa shape index (κ2) is 9.07. The van der Waals surface area contributed by atoms with Gasteiger partial charge in [-0.3, -0.25) is 14.9 Å². The van der Waals surface area contributed by atoms with E-state index in [0.717, 1.165) is 5.56 Å². The standard InChI is InChI=1S/C21H17ClN2O5/c1-28-16-10-11-18(19(12-16)24(26)27)23-21(25)17-4-2-3-5-20(17)29-13-14-6-8-15(22)9-7-14/h2-12H,13H2,1H3,(H,23,25). The van der Waals surface area contributed by atoms with Crippen LogP contribution in [0.5, 0.6) is 11.5 Å². The lowest BCUT2D eigenvalue weighted by atomic mass is 10.1. The second-order valence-corrected chi connectivity index (χ2v) is 6.44. The average molecular weight is 413 g/mol. The van der Waals surface area contributed by atoms with Gasteiger partial charge in [0.25, 0.3) is 11.6 Å². The summed E-state index contributed by atoms with van der Waals surface area (Å²) in [5, 5.41) is 14.5. The van der Waals surface area contributed by atoms with Crippen molar-refractivity contribution < 1.29 is 19.2 Å². The largest absolute Gasteiger partial charge is 0.496 e. The van der Waals surface area contributed by atoms with Gasteiger partial charge in [0.1, 0.15) is 23.8 Å². The number of nitro benzene ring substituents is 1. The van der Waals surface area contributed by atoms with Gasteiger partial charge in [0.2, 0.25) is 0 Å². The molecule has 0 aliphatic heterocycles. The van der Waals surface area contributed by atoms with Gasteiger partial charge in [-0.05, 0) is 42.0 Å². The summed E-state index contributed by atoms with van der Waals surface area (Å²) in [5.41, 5.74) is 0.938. The van der Waals surface area contributed by atoms with Crippen molar-refractivity contribution in [2.75, 3.05) is 12.4 Å². The minimum Gasteiger partial charge on any atom is -0.496 e. The van der Waals surface area contributed by atoms with Crippen LogP contribution in [0.4, 0.5) is 11.4 Å². The molecule has 0 saturated heterocycles. The Hall–Kier alpha value is -3.58. The van der Waals surface area contributed by atoms with Crippen LogP contribution in [0.15, 0.2) is 66.7 Å². The summed E-state index contributed by atoms with van der Waals surface area (Å²) < 4.78 is 10.8. The van der Waals surface area contributed by atoms with Crippen molar-refractivity contribution in [1.82, 2.24) is 0 Å². The lowest BCUT2D eigenvalue weighted by Gasteiger charge is -2.12. The van der Waals surface area contributed by atoms with Gasteiger partial charge in [-0.15, -0.1) is 0 Å². The van der Waals surface area contributed by atoms with Crippen LogP contribution in [0.1, 0.15) is 15.9 Å². The van der Waals surface area contributed by atoms with Crippen molar-refractivity contribution in [1.29, 1.82) is 0 Å². The van der Waals surface area contributed by atoms with Crippen LogP contribution in [0, 0.1) is 10.1 Å². The number of anilines is 1. The molecule has 29 heavy (non-hydrogen) atoms. The van der Waals surface area contributed by atoms with Crippen LogP contribution in [0.3, 0.4) is 0 Å². The minimum absolute atomic E-state index is 0.0632. The van der Waals surface area contributed by atoms with E-state index in [9.17, 15) is 14.9 Å². The number of carbonyl (C=O) groups excluding carboxylic acids is 1. The van der Waals surface area contributed by atoms with Gasteiger partial charge >= 0.3 is 0 Å². The number of nitro groups is 1. The molecule has 148 valence electrons. The fourth-order valence-electron chi connectivity index (χ4n) is 2.61. The van der Waals surface area contributed by atoms with E-state index in [1.165, 1.54) is 25.3 Å². The molecule has 0 aliphatic rings. The number of nitrogens with one attached hydrogen (secondary N) is 1. The first-order chi connectivity index (χ1) is 14.0. The van der Waals surface area contributed by atoms with Gasteiger partial charge in [0.15, 0.2) is 0 Å². The number of benzene rings is 3. The molecule has 0 radical (unpaired) electrons. The van der Waals surface area contributed by atoms with Crippen molar-refractivity contribution in [3.05, 3.63) is 93.0 Å². The number of amides is 1. The minimum atomic E-state index is -0.582. The zero-order valence-electron chi connectivity index (χ0n) is 15.4. The smallest absolute Gasteiger partial charge is 0.296 e. The Morgan fingerprint density at radius 3 is 2.52 bits per heavy atom. The topological polar surface area (TPSA) is 90.7 Å². The van der Waals surface area contributed by atoms with E-state index in [1.807, 2.05) is 12.1 Å². The molecule has 0 aliphatic carbocycles. The molecule has 0 saturated carbocycles. The van der Waals surface area contributed by atoms with E-state index >= 15 is 0 Å². The Morgan fingerprint density at radius 2 is 1.83 bits per heavy atom. The summed E-state index contributed by atoms with van der Waals surface area (Å²) in [7, 11) is 1.41. The molecule has 0 aromatic heterocycles. The number of hydrogen-bond donors (Lipinski definition) is 1. The normalized spacial score (nSPS) is 10.3. The highest BCUT2D eigenvalue weighted by Gasteiger charge is 2.20. The van der Waals surface area contributed by atoms with Crippen LogP contribution >= 0.6 is 11.6 Å². The summed E-state index contributed by atoms with van der Waals surface area (Å²) >= 11 is 5.88. The molecule has 3 rings (SSSR count). The van der Waals surface area contributed by atoms with Gasteiger partial charge in [0, 0.05) is 5.02 Å². The summed E-state index contributed by atoms with van der Waals surface area (Å²) in [6, 6.07) is 18.0. The molecule has 0 unspecified atom stereocenters. The number of methoxy groups -OCH3 is 1. The van der Waals surface area contributed by atoms with Crippen LogP contribution in [-0.2, 0) is 6.61 Å². The molecular weight excluding hydrogens is 396 g/mol. The number of nitrogens with zero attached hydrogens (tertiary/aromatic N) is 1. The lowest BCUT2D eigenvalue weighted by molar-refractivity contribution is -0.384. The van der Waals surface area contributed by atoms with E-state index in [-0.39, 0.29) is 23.5 Å². The Labute approximate surface area is 172 Å². The van der Waals surface area contributed by atoms with Crippen LogP contribution in [-0.4, -0.2) is 17.9 Å². The first kappa shape index (κ1) is 20.2. The average Bonchev–Trinajstić information content (AvgIpc) is 2.73. The van der Waals surface area contributed by atoms with E-state index in [4.69, 9.17) is 21.1 Å². The Bertz CT molecular complexity index is 1040. The number of hydrogen-bond acceptors (Lipinski definition) is 5. The maximum absolute atomic E-state index is 12.8. The predicted molar refractivity (Wildman–Crippen MR) is 110 cm³/mol. The monoisotopic (exact) mass is 412 g/mol. The first-order valence-electron chi connectivity index (χ1n) is 8.58. The summed E-state index contributed by atoms with van der Waals surface area (Å²) in [6.07, 6.45) is 0. The van der Waals surface area contributed by atoms with Crippen molar-refractivity contribution in [3.63, 3.8) is 0 Å². The maximum Gasteiger partial charge on any atom is 0.296 e. The van der Waals surface area contributed by atoms with E-state index in [2.05, 4.69) is 5.32 Å². The summed E-state index contributed by atoms with van der Waals surface area (Å²) in [4.78, 5) is 23.5. The number of carbonyl (C=O) groups is 1. The third-order valence-electron chi connectivity index (χ3n) is 4.09. The zero-order valence-corrected chi connectivity index (χ0v) is 16.2. The number of rotatable bonds is 7. The molecule has 3 aromatic carbocycles. The highest BCUT2D eigenvalue weighted by Crippen LogP contribution is 2.30. The summed E-state index contributed by atoms with van der Waals surface area (Å²) in [5.74, 6) is 0.155. The highest BCUT2D eigenvalue weighted by molar-refractivity contribution is 6.30. The Kier molecular flexibility index (Phi) is 6.31. The van der Waals surface area contributed by atoms with Crippen LogP contribution in [0.2, 0.25) is 5.02 Å². The predicted octanol–water partition coefficient (Wildman–Crippen LogP) is 5.09. The fraction of sp³-hybridized carbons (Fsp3) is 0.0952. The molecule has 0 fully saturated rings. The molecule has 0 spiro atoms. The van der Waals surface area contributed by atoms with Crippen molar-refractivity contribution in [2.24, 2.45) is 0 Å². The SMILES string of the molecule is COc1ccc(NC(=O)c2ccccc2OCc2ccc(Cl)cc2)c([N+](=O)[O-])c1. The zero-order chi connectivity index (χ0) is 20.8. The van der Waals surface area contributed by atoms with Gasteiger partial charge in [-0.25, -0.2) is 0 Å². The summed E-state index contributed by atoms with van der Waals surface area (Å²) in [6.45, 7) is 0.240. The van der Waals surface area contributed by atoms with E-state index in [1.54, 1.807) is 36.4 Å². The quantitative estimate of drug-likeness (QED) is 0.431. The fourth-order valence-corrected chi connectivity index (χ4v) is 2.73. The van der Waals surface area contributed by atoms with Crippen molar-refractivity contribution in [3.8, 4) is 11.5 Å². The number of para-hydroxylation sites is 1. The molecule has 1 N–H and O–H groups in total. The van der Waals surface area contributed by atoms with Crippen LogP contribution in [0.25, 0.3) is 0 Å². The molecule has 1 amide bonds. The van der Waals surface area contributed by atoms with Gasteiger partial charge in [0.05, 0.1) is 23.7 Å². The molecule has 0 heterocycles.